The van der Waals surface area contributed by atoms with Crippen molar-refractivity contribution in [2.24, 2.45) is 7.05 Å². The number of aryl methyl sites for hydroxylation is 1. The number of rotatable bonds is 3. The largest absolute Gasteiger partial charge is 0.276 e. The van der Waals surface area contributed by atoms with Crippen molar-refractivity contribution in [1.82, 2.24) is 9.78 Å². The van der Waals surface area contributed by atoms with Gasteiger partial charge in [0.05, 0.1) is 17.8 Å². The molecule has 1 atom stereocenters. The fraction of sp³-hybridized carbons (Fsp3) is 0.286. The normalized spacial score (nSPS) is 12.1. The van der Waals surface area contributed by atoms with Gasteiger partial charge in [-0.2, -0.15) is 10.4 Å². The molecule has 92 valence electrons. The lowest BCUT2D eigenvalue weighted by Gasteiger charge is -2.15. The molecule has 0 aliphatic rings. The van der Waals surface area contributed by atoms with E-state index < -0.39 is 0 Å². The highest BCUT2D eigenvalue weighted by Crippen LogP contribution is 2.30. The molecule has 18 heavy (non-hydrogen) atoms. The third kappa shape index (κ3) is 2.25. The van der Waals surface area contributed by atoms with Crippen molar-refractivity contribution in [1.29, 1.82) is 5.26 Å². The van der Waals surface area contributed by atoms with Crippen LogP contribution in [0.25, 0.3) is 0 Å². The highest BCUT2D eigenvalue weighted by molar-refractivity contribution is 5.43. The molecular formula is C14H14FN3. The van der Waals surface area contributed by atoms with Crippen LogP contribution >= 0.6 is 0 Å². The SMILES string of the molecule is CC[C@@H](c1cnn(C)c1)c1ccc(F)cc1C#N. The number of nitriles is 1. The van der Waals surface area contributed by atoms with E-state index in [9.17, 15) is 4.39 Å². The predicted molar refractivity (Wildman–Crippen MR) is 66.5 cm³/mol. The number of aromatic nitrogens is 2. The Morgan fingerprint density at radius 3 is 2.83 bits per heavy atom. The summed E-state index contributed by atoms with van der Waals surface area (Å²) in [4.78, 5) is 0. The Kier molecular flexibility index (Phi) is 3.42. The van der Waals surface area contributed by atoms with Crippen molar-refractivity contribution in [3.63, 3.8) is 0 Å². The average molecular weight is 243 g/mol. The quantitative estimate of drug-likeness (QED) is 0.831. The molecule has 2 rings (SSSR count). The molecule has 2 aromatic rings. The number of nitrogens with zero attached hydrogens (tertiary/aromatic N) is 3. The lowest BCUT2D eigenvalue weighted by Crippen LogP contribution is -2.02. The monoisotopic (exact) mass is 243 g/mol. The minimum atomic E-state index is -0.378. The van der Waals surface area contributed by atoms with Crippen LogP contribution in [-0.2, 0) is 7.05 Å². The molecule has 0 aliphatic heterocycles. The minimum absolute atomic E-state index is 0.0777. The van der Waals surface area contributed by atoms with Crippen molar-refractivity contribution < 1.29 is 4.39 Å². The second kappa shape index (κ2) is 5.01. The number of benzene rings is 1. The zero-order valence-corrected chi connectivity index (χ0v) is 10.4. The number of halogens is 1. The van der Waals surface area contributed by atoms with Crippen molar-refractivity contribution in [3.8, 4) is 6.07 Å². The van der Waals surface area contributed by atoms with E-state index in [4.69, 9.17) is 5.26 Å². The van der Waals surface area contributed by atoms with Gasteiger partial charge in [-0.15, -0.1) is 0 Å². The smallest absolute Gasteiger partial charge is 0.124 e. The van der Waals surface area contributed by atoms with Crippen LogP contribution in [0.2, 0.25) is 0 Å². The van der Waals surface area contributed by atoms with Crippen molar-refractivity contribution >= 4 is 0 Å². The summed E-state index contributed by atoms with van der Waals surface area (Å²) in [6.07, 6.45) is 4.56. The molecule has 0 aliphatic carbocycles. The summed E-state index contributed by atoms with van der Waals surface area (Å²) < 4.78 is 14.9. The van der Waals surface area contributed by atoms with Crippen molar-refractivity contribution in [2.75, 3.05) is 0 Å². The maximum absolute atomic E-state index is 13.1. The van der Waals surface area contributed by atoms with Crippen LogP contribution in [0.1, 0.15) is 36.0 Å². The topological polar surface area (TPSA) is 41.6 Å². The van der Waals surface area contributed by atoms with E-state index >= 15 is 0 Å². The average Bonchev–Trinajstić information content (AvgIpc) is 2.78. The molecule has 0 radical (unpaired) electrons. The molecule has 0 fully saturated rings. The second-order valence-electron chi connectivity index (χ2n) is 4.25. The van der Waals surface area contributed by atoms with E-state index in [0.717, 1.165) is 17.5 Å². The third-order valence-corrected chi connectivity index (χ3v) is 3.05. The Labute approximate surface area is 105 Å². The molecule has 1 aromatic heterocycles. The van der Waals surface area contributed by atoms with Gasteiger partial charge in [0, 0.05) is 19.2 Å². The maximum Gasteiger partial charge on any atom is 0.124 e. The molecule has 0 bridgehead atoms. The fourth-order valence-corrected chi connectivity index (χ4v) is 2.18. The fourth-order valence-electron chi connectivity index (χ4n) is 2.18. The molecule has 0 unspecified atom stereocenters. The second-order valence-corrected chi connectivity index (χ2v) is 4.25. The standard InChI is InChI=1S/C14H14FN3/c1-3-13(11-8-17-18(2)9-11)14-5-4-12(15)6-10(14)7-16/h4-6,8-9,13H,3H2,1-2H3/t13-/m0/s1. The zero-order valence-electron chi connectivity index (χ0n) is 10.4. The lowest BCUT2D eigenvalue weighted by molar-refractivity contribution is 0.625. The first-order valence-electron chi connectivity index (χ1n) is 5.83. The Balaban J connectivity index is 2.49. The van der Waals surface area contributed by atoms with Gasteiger partial charge in [-0.1, -0.05) is 13.0 Å². The zero-order chi connectivity index (χ0) is 13.1. The Hall–Kier alpha value is -2.15. The van der Waals surface area contributed by atoms with E-state index in [1.54, 1.807) is 16.9 Å². The molecule has 1 heterocycles. The van der Waals surface area contributed by atoms with E-state index in [1.165, 1.54) is 12.1 Å². The molecule has 0 saturated heterocycles. The number of hydrogen-bond acceptors (Lipinski definition) is 2. The van der Waals surface area contributed by atoms with Gasteiger partial charge < -0.3 is 0 Å². The molecule has 0 amide bonds. The summed E-state index contributed by atoms with van der Waals surface area (Å²) in [6, 6.07) is 6.43. The minimum Gasteiger partial charge on any atom is -0.276 e. The van der Waals surface area contributed by atoms with Crippen LogP contribution in [0, 0.1) is 17.1 Å². The van der Waals surface area contributed by atoms with Gasteiger partial charge in [0.15, 0.2) is 0 Å². The summed E-state index contributed by atoms with van der Waals surface area (Å²) in [5.41, 5.74) is 2.29. The van der Waals surface area contributed by atoms with Gasteiger partial charge in [0.2, 0.25) is 0 Å². The van der Waals surface area contributed by atoms with Gasteiger partial charge >= 0.3 is 0 Å². The summed E-state index contributed by atoms with van der Waals surface area (Å²) in [7, 11) is 1.85. The van der Waals surface area contributed by atoms with E-state index in [1.807, 2.05) is 20.2 Å². The van der Waals surface area contributed by atoms with Crippen LogP contribution < -0.4 is 0 Å². The van der Waals surface area contributed by atoms with Crippen molar-refractivity contribution in [3.05, 3.63) is 53.1 Å². The summed E-state index contributed by atoms with van der Waals surface area (Å²) in [5.74, 6) is -0.301. The van der Waals surface area contributed by atoms with Crippen LogP contribution in [0.15, 0.2) is 30.6 Å². The van der Waals surface area contributed by atoms with Gasteiger partial charge in [0.1, 0.15) is 5.82 Å². The highest BCUT2D eigenvalue weighted by atomic mass is 19.1. The molecule has 1 aromatic carbocycles. The number of hydrogen-bond donors (Lipinski definition) is 0. The third-order valence-electron chi connectivity index (χ3n) is 3.05. The maximum atomic E-state index is 13.1. The van der Waals surface area contributed by atoms with Crippen LogP contribution in [-0.4, -0.2) is 9.78 Å². The Morgan fingerprint density at radius 2 is 2.28 bits per heavy atom. The Morgan fingerprint density at radius 1 is 1.50 bits per heavy atom. The van der Waals surface area contributed by atoms with Gasteiger partial charge in [-0.05, 0) is 29.7 Å². The molecule has 3 nitrogen and oxygen atoms in total. The first-order valence-corrected chi connectivity index (χ1v) is 5.83. The lowest BCUT2D eigenvalue weighted by atomic mass is 9.88. The molecule has 4 heteroatoms. The highest BCUT2D eigenvalue weighted by Gasteiger charge is 2.17. The van der Waals surface area contributed by atoms with Crippen LogP contribution in [0.3, 0.4) is 0 Å². The molecule has 0 spiro atoms. The van der Waals surface area contributed by atoms with Crippen LogP contribution in [0.4, 0.5) is 4.39 Å². The van der Waals surface area contributed by atoms with E-state index in [2.05, 4.69) is 11.2 Å². The van der Waals surface area contributed by atoms with E-state index in [-0.39, 0.29) is 11.7 Å². The van der Waals surface area contributed by atoms with Gasteiger partial charge in [-0.25, -0.2) is 4.39 Å². The van der Waals surface area contributed by atoms with Crippen LogP contribution in [0.5, 0.6) is 0 Å². The van der Waals surface area contributed by atoms with E-state index in [0.29, 0.717) is 5.56 Å². The summed E-state index contributed by atoms with van der Waals surface area (Å²) in [5, 5.41) is 13.2. The summed E-state index contributed by atoms with van der Waals surface area (Å²) in [6.45, 7) is 2.04. The molecule has 0 saturated carbocycles. The van der Waals surface area contributed by atoms with Gasteiger partial charge in [0.25, 0.3) is 0 Å². The molecular weight excluding hydrogens is 229 g/mol. The first kappa shape index (κ1) is 12.3. The first-order chi connectivity index (χ1) is 8.65. The van der Waals surface area contributed by atoms with Crippen molar-refractivity contribution in [2.45, 2.75) is 19.3 Å². The molecule has 0 N–H and O–H groups in total. The predicted octanol–water partition coefficient (Wildman–Crippen LogP) is 2.97. The summed E-state index contributed by atoms with van der Waals surface area (Å²) >= 11 is 0. The van der Waals surface area contributed by atoms with Gasteiger partial charge in [-0.3, -0.25) is 4.68 Å². The Bertz CT molecular complexity index is 595.